The fourth-order valence-corrected chi connectivity index (χ4v) is 4.40. The Labute approximate surface area is 147 Å². The number of aromatic nitrogens is 2. The minimum atomic E-state index is 0.230. The lowest BCUT2D eigenvalue weighted by molar-refractivity contribution is -0.0145. The van der Waals surface area contributed by atoms with Gasteiger partial charge in [-0.15, -0.1) is 11.3 Å². The van der Waals surface area contributed by atoms with Crippen LogP contribution in [0.4, 0.5) is 5.13 Å². The first-order chi connectivity index (χ1) is 11.8. The molecule has 0 aromatic carbocycles. The Hall–Kier alpha value is -1.50. The van der Waals surface area contributed by atoms with Gasteiger partial charge in [0.2, 0.25) is 0 Å². The molecule has 0 N–H and O–H groups in total. The highest BCUT2D eigenvalue weighted by Gasteiger charge is 2.28. The highest BCUT2D eigenvalue weighted by molar-refractivity contribution is 7.13. The Morgan fingerprint density at radius 3 is 2.92 bits per heavy atom. The molecule has 2 aliphatic rings. The first-order valence-corrected chi connectivity index (χ1v) is 9.62. The van der Waals surface area contributed by atoms with Crippen molar-refractivity contribution in [1.29, 1.82) is 0 Å². The minimum Gasteiger partial charge on any atom is -0.378 e. The normalized spacial score (nSPS) is 22.2. The summed E-state index contributed by atoms with van der Waals surface area (Å²) >= 11 is 1.77. The van der Waals surface area contributed by atoms with Crippen LogP contribution in [0, 0.1) is 6.92 Å². The van der Waals surface area contributed by atoms with Crippen molar-refractivity contribution in [3.63, 3.8) is 0 Å². The number of anilines is 1. The van der Waals surface area contributed by atoms with Crippen LogP contribution >= 0.6 is 11.3 Å². The smallest absolute Gasteiger partial charge is 0.185 e. The molecule has 2 aromatic heterocycles. The summed E-state index contributed by atoms with van der Waals surface area (Å²) in [6.07, 6.45) is 2.57. The van der Waals surface area contributed by atoms with E-state index >= 15 is 0 Å². The molecular formula is C18H24N4OS. The average Bonchev–Trinajstić information content (AvgIpc) is 3.27. The molecule has 0 amide bonds. The van der Waals surface area contributed by atoms with Gasteiger partial charge in [-0.1, -0.05) is 6.07 Å². The summed E-state index contributed by atoms with van der Waals surface area (Å²) in [5, 5.41) is 3.38. The number of aryl methyl sites for hydroxylation is 1. The summed E-state index contributed by atoms with van der Waals surface area (Å²) < 4.78 is 5.75. The van der Waals surface area contributed by atoms with E-state index in [0.717, 1.165) is 56.5 Å². The molecule has 0 saturated carbocycles. The number of hydrogen-bond donors (Lipinski definition) is 0. The third-order valence-corrected chi connectivity index (χ3v) is 5.70. The molecular weight excluding hydrogens is 320 g/mol. The van der Waals surface area contributed by atoms with Crippen LogP contribution in [-0.2, 0) is 11.3 Å². The van der Waals surface area contributed by atoms with Gasteiger partial charge in [-0.3, -0.25) is 9.88 Å². The van der Waals surface area contributed by atoms with Crippen molar-refractivity contribution in [2.75, 3.05) is 37.7 Å². The van der Waals surface area contributed by atoms with Crippen LogP contribution in [0.5, 0.6) is 0 Å². The van der Waals surface area contributed by atoms with Crippen LogP contribution < -0.4 is 4.90 Å². The maximum Gasteiger partial charge on any atom is 0.185 e. The van der Waals surface area contributed by atoms with Gasteiger partial charge in [-0.05, 0) is 31.9 Å². The molecule has 128 valence electrons. The van der Waals surface area contributed by atoms with Gasteiger partial charge in [0.15, 0.2) is 5.13 Å². The molecule has 4 rings (SSSR count). The zero-order valence-corrected chi connectivity index (χ0v) is 15.0. The van der Waals surface area contributed by atoms with E-state index in [-0.39, 0.29) is 6.04 Å². The number of hydrogen-bond acceptors (Lipinski definition) is 6. The molecule has 0 bridgehead atoms. The van der Waals surface area contributed by atoms with Crippen LogP contribution in [0.15, 0.2) is 23.6 Å². The van der Waals surface area contributed by atoms with Crippen LogP contribution in [0.25, 0.3) is 0 Å². The third kappa shape index (κ3) is 3.45. The maximum absolute atomic E-state index is 5.75. The van der Waals surface area contributed by atoms with Crippen molar-refractivity contribution in [2.45, 2.75) is 32.4 Å². The van der Waals surface area contributed by atoms with E-state index in [9.17, 15) is 0 Å². The predicted molar refractivity (Wildman–Crippen MR) is 96.5 cm³/mol. The molecule has 2 fully saturated rings. The molecule has 1 atom stereocenters. The van der Waals surface area contributed by atoms with E-state index in [1.54, 1.807) is 11.3 Å². The van der Waals surface area contributed by atoms with Crippen molar-refractivity contribution in [1.82, 2.24) is 14.9 Å². The summed E-state index contributed by atoms with van der Waals surface area (Å²) in [7, 11) is 0. The standard InChI is InChI=1S/C18H24N4OS/c1-14-5-4-6-15(19-14)11-22-9-10-23-12-17(22)16-13-24-18(20-16)21-7-2-3-8-21/h4-6,13,17H,2-3,7-12H2,1H3. The molecule has 0 spiro atoms. The largest absolute Gasteiger partial charge is 0.378 e. The van der Waals surface area contributed by atoms with Gasteiger partial charge in [0.25, 0.3) is 0 Å². The predicted octanol–water partition coefficient (Wildman–Crippen LogP) is 3.02. The Morgan fingerprint density at radius 2 is 2.08 bits per heavy atom. The molecule has 4 heterocycles. The lowest BCUT2D eigenvalue weighted by Gasteiger charge is -2.34. The van der Waals surface area contributed by atoms with Gasteiger partial charge < -0.3 is 9.64 Å². The second-order valence-electron chi connectivity index (χ2n) is 6.58. The highest BCUT2D eigenvalue weighted by Crippen LogP contribution is 2.31. The molecule has 0 aliphatic carbocycles. The second kappa shape index (κ2) is 7.17. The van der Waals surface area contributed by atoms with Gasteiger partial charge in [-0.25, -0.2) is 4.98 Å². The molecule has 0 radical (unpaired) electrons. The van der Waals surface area contributed by atoms with E-state index in [2.05, 4.69) is 32.3 Å². The topological polar surface area (TPSA) is 41.5 Å². The van der Waals surface area contributed by atoms with E-state index in [1.165, 1.54) is 18.0 Å². The first kappa shape index (κ1) is 16.0. The first-order valence-electron chi connectivity index (χ1n) is 8.74. The molecule has 1 unspecified atom stereocenters. The van der Waals surface area contributed by atoms with E-state index in [1.807, 2.05) is 13.0 Å². The number of morpholine rings is 1. The van der Waals surface area contributed by atoms with Crippen molar-refractivity contribution in [2.24, 2.45) is 0 Å². The molecule has 2 saturated heterocycles. The molecule has 2 aliphatic heterocycles. The maximum atomic E-state index is 5.75. The van der Waals surface area contributed by atoms with Crippen molar-refractivity contribution < 1.29 is 4.74 Å². The van der Waals surface area contributed by atoms with Gasteiger partial charge in [0.1, 0.15) is 0 Å². The second-order valence-corrected chi connectivity index (χ2v) is 7.42. The van der Waals surface area contributed by atoms with E-state index < -0.39 is 0 Å². The number of thiazole rings is 1. The van der Waals surface area contributed by atoms with Gasteiger partial charge in [0, 0.05) is 37.3 Å². The summed E-state index contributed by atoms with van der Waals surface area (Å²) in [5.74, 6) is 0. The van der Waals surface area contributed by atoms with E-state index in [4.69, 9.17) is 9.72 Å². The Morgan fingerprint density at radius 1 is 1.21 bits per heavy atom. The Kier molecular flexibility index (Phi) is 4.78. The summed E-state index contributed by atoms with van der Waals surface area (Å²) in [6, 6.07) is 6.47. The van der Waals surface area contributed by atoms with Crippen molar-refractivity contribution in [3.05, 3.63) is 40.7 Å². The Bertz CT molecular complexity index is 683. The van der Waals surface area contributed by atoms with Crippen LogP contribution in [-0.4, -0.2) is 47.7 Å². The SMILES string of the molecule is Cc1cccc(CN2CCOCC2c2csc(N3CCCC3)n2)n1. The zero-order chi connectivity index (χ0) is 16.4. The number of rotatable bonds is 4. The summed E-state index contributed by atoms with van der Waals surface area (Å²) in [6.45, 7) is 7.61. The average molecular weight is 344 g/mol. The number of ether oxygens (including phenoxy) is 1. The minimum absolute atomic E-state index is 0.230. The van der Waals surface area contributed by atoms with Gasteiger partial charge >= 0.3 is 0 Å². The quantitative estimate of drug-likeness (QED) is 0.853. The van der Waals surface area contributed by atoms with Crippen LogP contribution in [0.1, 0.15) is 36.0 Å². The van der Waals surface area contributed by atoms with E-state index in [0.29, 0.717) is 0 Å². The monoisotopic (exact) mass is 344 g/mol. The molecule has 6 heteroatoms. The summed E-state index contributed by atoms with van der Waals surface area (Å²) in [4.78, 5) is 14.4. The number of pyridine rings is 1. The number of nitrogens with zero attached hydrogens (tertiary/aromatic N) is 4. The van der Waals surface area contributed by atoms with Crippen LogP contribution in [0.2, 0.25) is 0 Å². The summed E-state index contributed by atoms with van der Waals surface area (Å²) in [5.41, 5.74) is 3.34. The van der Waals surface area contributed by atoms with Crippen molar-refractivity contribution >= 4 is 16.5 Å². The van der Waals surface area contributed by atoms with Crippen LogP contribution in [0.3, 0.4) is 0 Å². The zero-order valence-electron chi connectivity index (χ0n) is 14.1. The van der Waals surface area contributed by atoms with Gasteiger partial charge in [-0.2, -0.15) is 0 Å². The molecule has 24 heavy (non-hydrogen) atoms. The lowest BCUT2D eigenvalue weighted by Crippen LogP contribution is -2.39. The Balaban J connectivity index is 1.51. The molecule has 2 aromatic rings. The lowest BCUT2D eigenvalue weighted by atomic mass is 10.1. The fraction of sp³-hybridized carbons (Fsp3) is 0.556. The molecule has 5 nitrogen and oxygen atoms in total. The van der Waals surface area contributed by atoms with Gasteiger partial charge in [0.05, 0.1) is 30.6 Å². The fourth-order valence-electron chi connectivity index (χ4n) is 3.48. The third-order valence-electron chi connectivity index (χ3n) is 4.78. The van der Waals surface area contributed by atoms with Crippen molar-refractivity contribution in [3.8, 4) is 0 Å². The highest BCUT2D eigenvalue weighted by atomic mass is 32.1.